The first-order chi connectivity index (χ1) is 14.3. The molecule has 3 rings (SSSR count). The number of hydrogen-bond acceptors (Lipinski definition) is 4. The van der Waals surface area contributed by atoms with E-state index in [1.807, 2.05) is 0 Å². The van der Waals surface area contributed by atoms with Crippen molar-refractivity contribution in [2.24, 2.45) is 0 Å². The average molecular weight is 383 g/mol. The number of carbonyl (C=O) groups is 2. The Kier molecular flexibility index (Phi) is 3.56. The summed E-state index contributed by atoms with van der Waals surface area (Å²) in [4.78, 5) is 24.8. The van der Waals surface area contributed by atoms with E-state index in [0.717, 1.165) is 6.92 Å². The molecule has 2 atom stereocenters. The summed E-state index contributed by atoms with van der Waals surface area (Å²) in [7, 11) is 0. The fraction of sp³-hybridized carbons (Fsp3) is 0.300. The predicted molar refractivity (Wildman–Crippen MR) is 93.7 cm³/mol. The summed E-state index contributed by atoms with van der Waals surface area (Å²) in [6, 6.07) is -2.60. The highest BCUT2D eigenvalue weighted by Gasteiger charge is 2.43. The summed E-state index contributed by atoms with van der Waals surface area (Å²) in [5, 5.41) is 13.1. The molecule has 0 spiro atoms. The number of fused-ring (bicyclic) bond motifs is 1. The number of rotatable bonds is 3. The van der Waals surface area contributed by atoms with Gasteiger partial charge in [0.05, 0.1) is 11.5 Å². The third-order valence-corrected chi connectivity index (χ3v) is 4.19. The topological polar surface area (TPSA) is 75.6 Å². The van der Waals surface area contributed by atoms with Crippen LogP contribution in [0, 0.1) is 11.6 Å². The number of aliphatic hydroxyl groups excluding tert-OH is 1. The molecule has 0 fully saturated rings. The minimum atomic E-state index is -1.48. The van der Waals surface area contributed by atoms with Crippen LogP contribution >= 0.6 is 0 Å². The van der Waals surface area contributed by atoms with Crippen LogP contribution < -0.4 is 10.1 Å². The summed E-state index contributed by atoms with van der Waals surface area (Å²) in [5.74, 6) is -4.52. The minimum Gasteiger partial charge on any atom is -0.485 e. The lowest BCUT2D eigenvalue weighted by atomic mass is 9.85. The number of nitrogens with one attached hydrogen (secondary N) is 1. The zero-order valence-electron chi connectivity index (χ0n) is 18.7. The van der Waals surface area contributed by atoms with E-state index in [9.17, 15) is 23.5 Å². The highest BCUT2D eigenvalue weighted by atomic mass is 19.1. The fourth-order valence-corrected chi connectivity index (χ4v) is 2.79. The van der Waals surface area contributed by atoms with Crippen LogP contribution in [0.15, 0.2) is 36.3 Å². The molecule has 2 aromatic carbocycles. The summed E-state index contributed by atoms with van der Waals surface area (Å²) < 4.78 is 65.1. The summed E-state index contributed by atoms with van der Waals surface area (Å²) in [5.41, 5.74) is -2.56. The summed E-state index contributed by atoms with van der Waals surface area (Å²) >= 11 is 0. The maximum atomic E-state index is 13.8. The molecule has 1 aliphatic rings. The molecule has 0 unspecified atom stereocenters. The van der Waals surface area contributed by atoms with Gasteiger partial charge >= 0.3 is 0 Å². The van der Waals surface area contributed by atoms with E-state index in [1.165, 1.54) is 19.9 Å². The Morgan fingerprint density at radius 2 is 1.85 bits per heavy atom. The van der Waals surface area contributed by atoms with Crippen molar-refractivity contribution in [3.8, 4) is 5.75 Å². The number of halogens is 2. The smallest absolute Gasteiger partial charge is 0.252 e. The number of amides is 1. The normalized spacial score (nSPS) is 22.4. The maximum Gasteiger partial charge on any atom is 0.252 e. The number of aliphatic hydroxyl groups is 1. The van der Waals surface area contributed by atoms with Crippen molar-refractivity contribution >= 4 is 11.7 Å². The average Bonchev–Trinajstić information content (AvgIpc) is 2.63. The monoisotopic (exact) mass is 383 g/mol. The van der Waals surface area contributed by atoms with Gasteiger partial charge in [-0.15, -0.1) is 0 Å². The Hall–Kier alpha value is -2.80. The number of ketones is 1. The Labute approximate surface area is 160 Å². The van der Waals surface area contributed by atoms with E-state index in [0.29, 0.717) is 6.07 Å². The van der Waals surface area contributed by atoms with Gasteiger partial charge in [0.2, 0.25) is 0 Å². The number of Topliss-reactive ketones (excluding diaryl/α,β-unsaturated/α-hetero) is 1. The number of hydrogen-bond donors (Lipinski definition) is 2. The van der Waals surface area contributed by atoms with Crippen LogP contribution in [0.3, 0.4) is 0 Å². The first-order valence-electron chi connectivity index (χ1n) is 10.1. The molecule has 2 aromatic rings. The number of benzene rings is 2. The van der Waals surface area contributed by atoms with Crippen LogP contribution in [0.25, 0.3) is 0 Å². The van der Waals surface area contributed by atoms with Gasteiger partial charge in [-0.2, -0.15) is 0 Å². The predicted octanol–water partition coefficient (Wildman–Crippen LogP) is 3.17. The molecule has 1 aliphatic heterocycles. The van der Waals surface area contributed by atoms with Gasteiger partial charge < -0.3 is 15.2 Å². The second-order valence-corrected chi connectivity index (χ2v) is 6.69. The van der Waals surface area contributed by atoms with E-state index in [1.54, 1.807) is 0 Å². The first-order valence-corrected chi connectivity index (χ1v) is 8.06. The second-order valence-electron chi connectivity index (χ2n) is 6.69. The summed E-state index contributed by atoms with van der Waals surface area (Å²) in [6.45, 7) is 4.13. The van der Waals surface area contributed by atoms with Crippen LogP contribution in [0.1, 0.15) is 58.6 Å². The van der Waals surface area contributed by atoms with Crippen molar-refractivity contribution in [1.29, 1.82) is 0 Å². The fourth-order valence-electron chi connectivity index (χ4n) is 2.79. The molecule has 0 aromatic heterocycles. The molecule has 1 amide bonds. The van der Waals surface area contributed by atoms with E-state index in [4.69, 9.17) is 10.2 Å². The van der Waals surface area contributed by atoms with Gasteiger partial charge in [-0.25, -0.2) is 8.78 Å². The standard InChI is InChI=1S/C20H19F2NO4/c1-10(24)11-4-5-16-15(8-11)17(18(25)20(2,3)27-16)23-19(26)12-6-13(21)9-14(22)7-12/h4-9,17-18,25H,1-3H3,(H,23,26)/t17-,18+/m0/s1/i4T,6T,7T,8T. The lowest BCUT2D eigenvalue weighted by Gasteiger charge is -2.42. The molecule has 2 N–H and O–H groups in total. The lowest BCUT2D eigenvalue weighted by Crippen LogP contribution is -2.53. The Morgan fingerprint density at radius 1 is 1.22 bits per heavy atom. The quantitative estimate of drug-likeness (QED) is 0.799. The van der Waals surface area contributed by atoms with Crippen LogP contribution in [0.2, 0.25) is 0 Å². The first kappa shape index (κ1) is 14.3. The van der Waals surface area contributed by atoms with Crippen LogP contribution in [0.4, 0.5) is 8.78 Å². The Bertz CT molecular complexity index is 1100. The van der Waals surface area contributed by atoms with Gasteiger partial charge in [0.15, 0.2) is 5.78 Å². The zero-order chi connectivity index (χ0) is 23.4. The Balaban J connectivity index is 2.17. The van der Waals surface area contributed by atoms with Gasteiger partial charge in [-0.3, -0.25) is 9.59 Å². The molecule has 0 radical (unpaired) electrons. The summed E-state index contributed by atoms with van der Waals surface area (Å²) in [6.07, 6.45) is -1.48. The molecule has 7 heteroatoms. The van der Waals surface area contributed by atoms with Crippen LogP contribution in [-0.2, 0) is 0 Å². The molecule has 0 bridgehead atoms. The van der Waals surface area contributed by atoms with Gasteiger partial charge in [0.25, 0.3) is 5.91 Å². The minimum absolute atomic E-state index is 0.0248. The number of ether oxygens (including phenoxy) is 1. The van der Waals surface area contributed by atoms with Crippen molar-refractivity contribution in [2.75, 3.05) is 0 Å². The van der Waals surface area contributed by atoms with E-state index >= 15 is 0 Å². The second kappa shape index (κ2) is 6.74. The molecule has 0 saturated carbocycles. The van der Waals surface area contributed by atoms with Gasteiger partial charge in [0.1, 0.15) is 29.1 Å². The van der Waals surface area contributed by atoms with E-state index in [-0.39, 0.29) is 22.9 Å². The molecule has 0 saturated heterocycles. The van der Waals surface area contributed by atoms with Crippen molar-refractivity contribution in [3.63, 3.8) is 0 Å². The van der Waals surface area contributed by atoms with Gasteiger partial charge in [-0.05, 0) is 51.0 Å². The highest BCUT2D eigenvalue weighted by molar-refractivity contribution is 5.95. The molecule has 1 heterocycles. The van der Waals surface area contributed by atoms with Gasteiger partial charge in [0, 0.05) is 22.8 Å². The van der Waals surface area contributed by atoms with Crippen LogP contribution in [0.5, 0.6) is 5.75 Å². The highest BCUT2D eigenvalue weighted by Crippen LogP contribution is 2.40. The molecule has 5 nitrogen and oxygen atoms in total. The molecular formula is C20H19F2NO4. The third-order valence-electron chi connectivity index (χ3n) is 4.19. The zero-order valence-corrected chi connectivity index (χ0v) is 14.7. The number of carbonyl (C=O) groups excluding carboxylic acids is 2. The largest absolute Gasteiger partial charge is 0.485 e. The molecular weight excluding hydrogens is 356 g/mol. The van der Waals surface area contributed by atoms with Crippen molar-refractivity contribution in [1.82, 2.24) is 5.32 Å². The van der Waals surface area contributed by atoms with Crippen LogP contribution in [-0.4, -0.2) is 28.5 Å². The lowest BCUT2D eigenvalue weighted by molar-refractivity contribution is -0.0627. The van der Waals surface area contributed by atoms with Crippen molar-refractivity contribution in [3.05, 3.63) is 64.6 Å². The Morgan fingerprint density at radius 3 is 2.44 bits per heavy atom. The van der Waals surface area contributed by atoms with Crippen molar-refractivity contribution in [2.45, 2.75) is 38.5 Å². The van der Waals surface area contributed by atoms with Gasteiger partial charge in [-0.1, -0.05) is 0 Å². The SMILES string of the molecule is [3H]c1cc2c(c([3H])c1C(C)=O)[C@H](NC(=O)c1c([3H])c(F)cc(F)c1[3H])[C@@H](O)C(C)(C)O2. The molecule has 142 valence electrons. The van der Waals surface area contributed by atoms with E-state index < -0.39 is 64.8 Å². The van der Waals surface area contributed by atoms with E-state index in [2.05, 4.69) is 5.32 Å². The van der Waals surface area contributed by atoms with Crippen molar-refractivity contribution < 1.29 is 33.7 Å². The maximum absolute atomic E-state index is 13.8. The third kappa shape index (κ3) is 3.68. The molecule has 0 aliphatic carbocycles. The molecule has 27 heavy (non-hydrogen) atoms.